The van der Waals surface area contributed by atoms with Crippen LogP contribution < -0.4 is 5.32 Å². The average Bonchev–Trinajstić information content (AvgIpc) is 3.22. The van der Waals surface area contributed by atoms with Crippen molar-refractivity contribution in [3.05, 3.63) is 98.8 Å². The second kappa shape index (κ2) is 10.3. The van der Waals surface area contributed by atoms with Gasteiger partial charge in [0.15, 0.2) is 15.0 Å². The number of nitrogens with zero attached hydrogens (tertiary/aromatic N) is 1. The van der Waals surface area contributed by atoms with E-state index in [1.54, 1.807) is 60.7 Å². The van der Waals surface area contributed by atoms with Gasteiger partial charge in [0, 0.05) is 27.4 Å². The molecule has 178 valence electrons. The Kier molecular flexibility index (Phi) is 7.37. The van der Waals surface area contributed by atoms with Crippen molar-refractivity contribution in [2.75, 3.05) is 11.6 Å². The Morgan fingerprint density at radius 2 is 1.60 bits per heavy atom. The highest BCUT2D eigenvalue weighted by Gasteiger charge is 2.22. The molecular weight excluding hydrogens is 527 g/mol. The van der Waals surface area contributed by atoms with Crippen LogP contribution in [0, 0.1) is 0 Å². The molecule has 0 atom stereocenters. The lowest BCUT2D eigenvalue weighted by atomic mass is 10.1. The number of rotatable bonds is 7. The number of halogens is 2. The molecule has 1 aromatic heterocycles. The summed E-state index contributed by atoms with van der Waals surface area (Å²) in [4.78, 5) is 31.0. The molecule has 0 fully saturated rings. The standard InChI is InChI=1S/C25H18Cl2N2O4S2/c1-35(32,33)20-10-8-15(9-11-20)12-21(30)28-25-29-22(16-4-2-6-18(26)13-16)24(34-25)23(31)17-5-3-7-19(27)14-17/h2-11,13-14H,12H2,1H3,(H,28,29,30). The molecule has 0 unspecified atom stereocenters. The van der Waals surface area contributed by atoms with E-state index in [4.69, 9.17) is 23.2 Å². The largest absolute Gasteiger partial charge is 0.302 e. The zero-order valence-corrected chi connectivity index (χ0v) is 21.4. The summed E-state index contributed by atoms with van der Waals surface area (Å²) in [7, 11) is -3.32. The normalized spacial score (nSPS) is 11.3. The quantitative estimate of drug-likeness (QED) is 0.291. The molecule has 10 heteroatoms. The highest BCUT2D eigenvalue weighted by Crippen LogP contribution is 2.34. The summed E-state index contributed by atoms with van der Waals surface area (Å²) in [5.74, 6) is -0.637. The monoisotopic (exact) mass is 544 g/mol. The van der Waals surface area contributed by atoms with Gasteiger partial charge in [-0.05, 0) is 42.0 Å². The number of ketones is 1. The molecule has 0 saturated carbocycles. The number of sulfone groups is 1. The van der Waals surface area contributed by atoms with E-state index in [9.17, 15) is 18.0 Å². The maximum atomic E-state index is 13.3. The van der Waals surface area contributed by atoms with Gasteiger partial charge in [-0.15, -0.1) is 0 Å². The van der Waals surface area contributed by atoms with Gasteiger partial charge in [0.05, 0.1) is 17.0 Å². The van der Waals surface area contributed by atoms with Crippen molar-refractivity contribution < 1.29 is 18.0 Å². The van der Waals surface area contributed by atoms with Crippen LogP contribution in [0.25, 0.3) is 11.3 Å². The summed E-state index contributed by atoms with van der Waals surface area (Å²) >= 11 is 13.3. The van der Waals surface area contributed by atoms with E-state index in [2.05, 4.69) is 10.3 Å². The van der Waals surface area contributed by atoms with Gasteiger partial charge < -0.3 is 5.32 Å². The van der Waals surface area contributed by atoms with E-state index < -0.39 is 9.84 Å². The molecule has 1 amide bonds. The van der Waals surface area contributed by atoms with Gasteiger partial charge in [-0.25, -0.2) is 13.4 Å². The number of hydrogen-bond donors (Lipinski definition) is 1. The van der Waals surface area contributed by atoms with E-state index in [0.29, 0.717) is 37.3 Å². The number of carbonyl (C=O) groups excluding carboxylic acids is 2. The van der Waals surface area contributed by atoms with E-state index >= 15 is 0 Å². The molecule has 6 nitrogen and oxygen atoms in total. The van der Waals surface area contributed by atoms with Gasteiger partial charge in [-0.1, -0.05) is 70.9 Å². The molecule has 3 aromatic carbocycles. The number of thiazole rings is 1. The molecule has 35 heavy (non-hydrogen) atoms. The lowest BCUT2D eigenvalue weighted by molar-refractivity contribution is -0.115. The SMILES string of the molecule is CS(=O)(=O)c1ccc(CC(=O)Nc2nc(-c3cccc(Cl)c3)c(C(=O)c3cccc(Cl)c3)s2)cc1. The van der Waals surface area contributed by atoms with Crippen LogP contribution in [-0.4, -0.2) is 31.3 Å². The molecule has 0 aliphatic heterocycles. The van der Waals surface area contributed by atoms with Crippen LogP contribution in [0.5, 0.6) is 0 Å². The van der Waals surface area contributed by atoms with Gasteiger partial charge in [-0.3, -0.25) is 9.59 Å². The number of carbonyl (C=O) groups is 2. The van der Waals surface area contributed by atoms with Crippen LogP contribution in [0.2, 0.25) is 10.0 Å². The van der Waals surface area contributed by atoms with Gasteiger partial charge in [0.25, 0.3) is 0 Å². The van der Waals surface area contributed by atoms with Crippen molar-refractivity contribution in [1.29, 1.82) is 0 Å². The minimum atomic E-state index is -3.32. The van der Waals surface area contributed by atoms with Crippen molar-refractivity contribution >= 4 is 61.2 Å². The van der Waals surface area contributed by atoms with Crippen molar-refractivity contribution in [2.45, 2.75) is 11.3 Å². The van der Waals surface area contributed by atoms with Crippen molar-refractivity contribution in [2.24, 2.45) is 0 Å². The van der Waals surface area contributed by atoms with Gasteiger partial charge >= 0.3 is 0 Å². The first-order chi connectivity index (χ1) is 16.6. The van der Waals surface area contributed by atoms with E-state index in [1.165, 1.54) is 12.1 Å². The predicted octanol–water partition coefficient (Wildman–Crippen LogP) is 5.93. The van der Waals surface area contributed by atoms with Gasteiger partial charge in [-0.2, -0.15) is 0 Å². The molecule has 1 N–H and O–H groups in total. The van der Waals surface area contributed by atoms with Crippen LogP contribution in [0.3, 0.4) is 0 Å². The number of amides is 1. The Labute approximate surface area is 216 Å². The topological polar surface area (TPSA) is 93.2 Å². The van der Waals surface area contributed by atoms with Crippen molar-refractivity contribution in [3.8, 4) is 11.3 Å². The Bertz CT molecular complexity index is 1530. The molecular formula is C25H18Cl2N2O4S2. The number of anilines is 1. The Balaban J connectivity index is 1.62. The maximum absolute atomic E-state index is 13.3. The predicted molar refractivity (Wildman–Crippen MR) is 139 cm³/mol. The molecule has 0 bridgehead atoms. The fourth-order valence-corrected chi connectivity index (χ4v) is 5.30. The minimum absolute atomic E-state index is 0.00763. The third-order valence-electron chi connectivity index (χ3n) is 4.98. The van der Waals surface area contributed by atoms with Crippen molar-refractivity contribution in [1.82, 2.24) is 4.98 Å². The lowest BCUT2D eigenvalue weighted by Gasteiger charge is -2.04. The smallest absolute Gasteiger partial charge is 0.230 e. The molecule has 0 spiro atoms. The van der Waals surface area contributed by atoms with Gasteiger partial charge in [0.1, 0.15) is 4.88 Å². The van der Waals surface area contributed by atoms with Crippen LogP contribution in [0.15, 0.2) is 77.7 Å². The summed E-state index contributed by atoms with van der Waals surface area (Å²) < 4.78 is 23.3. The summed E-state index contributed by atoms with van der Waals surface area (Å²) in [5.41, 5.74) is 2.07. The maximum Gasteiger partial charge on any atom is 0.230 e. The zero-order chi connectivity index (χ0) is 25.2. The zero-order valence-electron chi connectivity index (χ0n) is 18.3. The van der Waals surface area contributed by atoms with Crippen molar-refractivity contribution in [3.63, 3.8) is 0 Å². The average molecular weight is 545 g/mol. The van der Waals surface area contributed by atoms with E-state index in [1.807, 2.05) is 0 Å². The summed E-state index contributed by atoms with van der Waals surface area (Å²) in [6.45, 7) is 0. The van der Waals surface area contributed by atoms with Crippen LogP contribution >= 0.6 is 34.5 Å². The highest BCUT2D eigenvalue weighted by atomic mass is 35.5. The number of nitrogens with one attached hydrogen (secondary N) is 1. The first-order valence-electron chi connectivity index (χ1n) is 10.3. The third-order valence-corrected chi connectivity index (χ3v) is 7.55. The van der Waals surface area contributed by atoms with Gasteiger partial charge in [0.2, 0.25) is 11.7 Å². The first-order valence-corrected chi connectivity index (χ1v) is 13.7. The summed E-state index contributed by atoms with van der Waals surface area (Å²) in [6, 6.07) is 19.6. The first kappa shape index (κ1) is 25.1. The van der Waals surface area contributed by atoms with Crippen LogP contribution in [0.4, 0.5) is 5.13 Å². The fraction of sp³-hybridized carbons (Fsp3) is 0.0800. The Morgan fingerprint density at radius 1 is 0.943 bits per heavy atom. The molecule has 4 rings (SSSR count). The Morgan fingerprint density at radius 3 is 2.23 bits per heavy atom. The molecule has 0 saturated heterocycles. The highest BCUT2D eigenvalue weighted by molar-refractivity contribution is 7.90. The summed E-state index contributed by atoms with van der Waals surface area (Å²) in [6.07, 6.45) is 1.13. The third kappa shape index (κ3) is 6.15. The minimum Gasteiger partial charge on any atom is -0.302 e. The van der Waals surface area contributed by atoms with E-state index in [0.717, 1.165) is 17.6 Å². The molecule has 0 radical (unpaired) electrons. The second-order valence-corrected chi connectivity index (χ2v) is 11.6. The van der Waals surface area contributed by atoms with Crippen LogP contribution in [0.1, 0.15) is 20.8 Å². The molecule has 4 aromatic rings. The summed E-state index contributed by atoms with van der Waals surface area (Å²) in [5, 5.41) is 3.91. The van der Waals surface area contributed by atoms with Crippen LogP contribution in [-0.2, 0) is 21.1 Å². The van der Waals surface area contributed by atoms with E-state index in [-0.39, 0.29) is 28.1 Å². The fourth-order valence-electron chi connectivity index (χ4n) is 3.32. The Hall–Kier alpha value is -3.04. The number of aromatic nitrogens is 1. The molecule has 0 aliphatic rings. The number of hydrogen-bond acceptors (Lipinski definition) is 6. The molecule has 1 heterocycles. The molecule has 0 aliphatic carbocycles. The lowest BCUT2D eigenvalue weighted by Crippen LogP contribution is -2.14. The second-order valence-electron chi connectivity index (χ2n) is 7.69. The number of benzene rings is 3.